The van der Waals surface area contributed by atoms with E-state index in [9.17, 15) is 14.7 Å². The Morgan fingerprint density at radius 2 is 1.69 bits per heavy atom. The number of pyridine rings is 1. The van der Waals surface area contributed by atoms with E-state index in [0.29, 0.717) is 19.4 Å². The molecule has 0 spiro atoms. The normalized spacial score (nSPS) is 14.2. The van der Waals surface area contributed by atoms with E-state index in [2.05, 4.69) is 15.6 Å². The molecule has 2 aromatic carbocycles. The molecule has 0 bridgehead atoms. The van der Waals surface area contributed by atoms with Crippen LogP contribution in [0.5, 0.6) is 0 Å². The van der Waals surface area contributed by atoms with Crippen LogP contribution in [0.2, 0.25) is 0 Å². The molecule has 3 aromatic rings. The Morgan fingerprint density at radius 3 is 2.31 bits per heavy atom. The van der Waals surface area contributed by atoms with Crippen LogP contribution in [-0.4, -0.2) is 58.9 Å². The maximum Gasteiger partial charge on any atom is 0.407 e. The van der Waals surface area contributed by atoms with E-state index in [0.717, 1.165) is 22.4 Å². The molecule has 9 nitrogen and oxygen atoms in total. The van der Waals surface area contributed by atoms with Gasteiger partial charge in [0.2, 0.25) is 5.91 Å². The van der Waals surface area contributed by atoms with Crippen molar-refractivity contribution in [2.24, 2.45) is 11.8 Å². The van der Waals surface area contributed by atoms with Crippen LogP contribution in [0.4, 0.5) is 4.79 Å². The highest BCUT2D eigenvalue weighted by Gasteiger charge is 2.30. The number of methoxy groups -OCH3 is 1. The second kappa shape index (κ2) is 15.0. The number of nitrogens with two attached hydrogens (primary N) is 1. The zero-order valence-corrected chi connectivity index (χ0v) is 22.8. The van der Waals surface area contributed by atoms with Crippen LogP contribution in [0.15, 0.2) is 79.0 Å². The summed E-state index contributed by atoms with van der Waals surface area (Å²) in [6.45, 7) is 4.35. The third-order valence-corrected chi connectivity index (χ3v) is 6.77. The van der Waals surface area contributed by atoms with Crippen molar-refractivity contribution in [3.63, 3.8) is 0 Å². The number of aliphatic hydroxyl groups is 1. The molecule has 0 aliphatic heterocycles. The Labute approximate surface area is 230 Å². The van der Waals surface area contributed by atoms with Crippen LogP contribution in [0.1, 0.15) is 31.4 Å². The molecule has 2 unspecified atom stereocenters. The van der Waals surface area contributed by atoms with Gasteiger partial charge < -0.3 is 20.5 Å². The summed E-state index contributed by atoms with van der Waals surface area (Å²) in [4.78, 5) is 29.5. The molecule has 1 aromatic heterocycles. The monoisotopic (exact) mass is 533 g/mol. The summed E-state index contributed by atoms with van der Waals surface area (Å²) >= 11 is 0. The summed E-state index contributed by atoms with van der Waals surface area (Å²) in [5.74, 6) is 5.78. The van der Waals surface area contributed by atoms with Crippen LogP contribution in [0.25, 0.3) is 11.3 Å². The van der Waals surface area contributed by atoms with Crippen molar-refractivity contribution in [2.45, 2.75) is 51.4 Å². The predicted octanol–water partition coefficient (Wildman–Crippen LogP) is 3.28. The summed E-state index contributed by atoms with van der Waals surface area (Å²) in [5, 5.41) is 18.3. The Kier molecular flexibility index (Phi) is 11.4. The van der Waals surface area contributed by atoms with Crippen molar-refractivity contribution in [1.82, 2.24) is 20.6 Å². The second-order valence-electron chi connectivity index (χ2n) is 9.71. The maximum absolute atomic E-state index is 13.3. The van der Waals surface area contributed by atoms with Gasteiger partial charge in [-0.15, -0.1) is 0 Å². The minimum Gasteiger partial charge on any atom is -0.453 e. The molecule has 5 N–H and O–H groups in total. The van der Waals surface area contributed by atoms with E-state index in [1.807, 2.05) is 86.6 Å². The quantitative estimate of drug-likeness (QED) is 0.196. The first kappa shape index (κ1) is 29.8. The predicted molar refractivity (Wildman–Crippen MR) is 151 cm³/mol. The number of nitrogens with one attached hydrogen (secondary N) is 2. The number of aromatic nitrogens is 1. The highest BCUT2D eigenvalue weighted by Crippen LogP contribution is 2.18. The molecule has 0 radical (unpaired) electrons. The van der Waals surface area contributed by atoms with Crippen LogP contribution < -0.4 is 16.5 Å². The van der Waals surface area contributed by atoms with E-state index in [-0.39, 0.29) is 18.4 Å². The first-order valence-electron chi connectivity index (χ1n) is 13.2. The van der Waals surface area contributed by atoms with Gasteiger partial charge in [-0.25, -0.2) is 9.80 Å². The molecule has 3 rings (SSSR count). The maximum atomic E-state index is 13.3. The number of carbonyl (C=O) groups excluding carboxylic acids is 2. The SMILES string of the molecule is CC[C@H](C)[C@H](NC(=O)OC)C(=O)NC(Cc1ccccc1)C(O)CN(N)Cc1ccc(-c2ccccn2)cc1. The van der Waals surface area contributed by atoms with Crippen molar-refractivity contribution in [2.75, 3.05) is 13.7 Å². The number of carbonyl (C=O) groups is 2. The van der Waals surface area contributed by atoms with Gasteiger partial charge in [-0.1, -0.05) is 80.9 Å². The Bertz CT molecular complexity index is 1160. The van der Waals surface area contributed by atoms with E-state index in [4.69, 9.17) is 10.6 Å². The summed E-state index contributed by atoms with van der Waals surface area (Å²) < 4.78 is 4.71. The summed E-state index contributed by atoms with van der Waals surface area (Å²) in [7, 11) is 1.25. The van der Waals surface area contributed by atoms with E-state index < -0.39 is 24.3 Å². The van der Waals surface area contributed by atoms with Gasteiger partial charge in [0.05, 0.1) is 24.9 Å². The van der Waals surface area contributed by atoms with Crippen molar-refractivity contribution in [1.29, 1.82) is 0 Å². The Morgan fingerprint density at radius 1 is 1.00 bits per heavy atom. The summed E-state index contributed by atoms with van der Waals surface area (Å²) in [6, 6.07) is 21.9. The highest BCUT2D eigenvalue weighted by molar-refractivity contribution is 5.86. The Hall–Kier alpha value is -3.79. The number of alkyl carbamates (subject to hydrolysis) is 1. The number of amides is 2. The van der Waals surface area contributed by atoms with Gasteiger partial charge in [0.1, 0.15) is 6.04 Å². The number of hydrogen-bond donors (Lipinski definition) is 4. The number of aliphatic hydroxyl groups excluding tert-OH is 1. The fourth-order valence-corrected chi connectivity index (χ4v) is 4.29. The van der Waals surface area contributed by atoms with Gasteiger partial charge in [0.25, 0.3) is 0 Å². The molecule has 9 heteroatoms. The van der Waals surface area contributed by atoms with Crippen molar-refractivity contribution in [3.8, 4) is 11.3 Å². The smallest absolute Gasteiger partial charge is 0.407 e. The van der Waals surface area contributed by atoms with Gasteiger partial charge in [-0.2, -0.15) is 0 Å². The van der Waals surface area contributed by atoms with Gasteiger partial charge >= 0.3 is 6.09 Å². The van der Waals surface area contributed by atoms with Crippen LogP contribution in [0, 0.1) is 5.92 Å². The minimum absolute atomic E-state index is 0.123. The van der Waals surface area contributed by atoms with Crippen molar-refractivity contribution in [3.05, 3.63) is 90.1 Å². The molecule has 4 atom stereocenters. The second-order valence-corrected chi connectivity index (χ2v) is 9.71. The molecule has 0 saturated carbocycles. The van der Waals surface area contributed by atoms with E-state index in [1.54, 1.807) is 6.20 Å². The number of hydrogen-bond acceptors (Lipinski definition) is 7. The highest BCUT2D eigenvalue weighted by atomic mass is 16.5. The molecule has 0 saturated heterocycles. The topological polar surface area (TPSA) is 130 Å². The molecule has 2 amide bonds. The van der Waals surface area contributed by atoms with E-state index in [1.165, 1.54) is 12.1 Å². The zero-order valence-electron chi connectivity index (χ0n) is 22.8. The van der Waals surface area contributed by atoms with E-state index >= 15 is 0 Å². The average molecular weight is 534 g/mol. The molecule has 0 aliphatic carbocycles. The number of hydrazine groups is 1. The lowest BCUT2D eigenvalue weighted by Gasteiger charge is -2.30. The molecule has 208 valence electrons. The fraction of sp³-hybridized carbons (Fsp3) is 0.367. The lowest BCUT2D eigenvalue weighted by atomic mass is 9.96. The molecular formula is C30H39N5O4. The van der Waals surface area contributed by atoms with Gasteiger partial charge in [-0.05, 0) is 35.6 Å². The van der Waals surface area contributed by atoms with Crippen molar-refractivity contribution >= 4 is 12.0 Å². The summed E-state index contributed by atoms with van der Waals surface area (Å²) in [5.41, 5.74) is 3.83. The third kappa shape index (κ3) is 9.17. The van der Waals surface area contributed by atoms with Crippen molar-refractivity contribution < 1.29 is 19.4 Å². The number of benzene rings is 2. The molecule has 1 heterocycles. The van der Waals surface area contributed by atoms with Crippen LogP contribution in [-0.2, 0) is 22.5 Å². The number of ether oxygens (including phenoxy) is 1. The molecular weight excluding hydrogens is 494 g/mol. The molecule has 0 aliphatic rings. The standard InChI is InChI=1S/C30H39N5O4/c1-4-21(2)28(34-30(38)39-3)29(37)33-26(18-22-10-6-5-7-11-22)27(36)20-35(31)19-23-13-15-24(16-14-23)25-12-8-9-17-32-25/h5-17,21,26-28,36H,4,18-20,31H2,1-3H3,(H,33,37)(H,34,38)/t21-,26?,27?,28-/m0/s1. The minimum atomic E-state index is -0.970. The van der Waals surface area contributed by atoms with Gasteiger partial charge in [-0.3, -0.25) is 15.6 Å². The summed E-state index contributed by atoms with van der Waals surface area (Å²) in [6.07, 6.45) is 1.17. The van der Waals surface area contributed by atoms with Crippen LogP contribution >= 0.6 is 0 Å². The van der Waals surface area contributed by atoms with Gasteiger partial charge in [0.15, 0.2) is 0 Å². The molecule has 39 heavy (non-hydrogen) atoms. The van der Waals surface area contributed by atoms with Crippen LogP contribution in [0.3, 0.4) is 0 Å². The zero-order chi connectivity index (χ0) is 28.2. The first-order chi connectivity index (χ1) is 18.8. The third-order valence-electron chi connectivity index (χ3n) is 6.77. The lowest BCUT2D eigenvalue weighted by molar-refractivity contribution is -0.126. The average Bonchev–Trinajstić information content (AvgIpc) is 2.96. The largest absolute Gasteiger partial charge is 0.453 e. The fourth-order valence-electron chi connectivity index (χ4n) is 4.29. The number of rotatable bonds is 13. The lowest BCUT2D eigenvalue weighted by Crippen LogP contribution is -2.57. The first-order valence-corrected chi connectivity index (χ1v) is 13.2. The molecule has 0 fully saturated rings. The number of nitrogens with zero attached hydrogens (tertiary/aromatic N) is 2. The Balaban J connectivity index is 1.69. The van der Waals surface area contributed by atoms with Gasteiger partial charge in [0, 0.05) is 24.8 Å².